The molecule has 1 fully saturated rings. The number of fused-ring (bicyclic) bond motifs is 1. The van der Waals surface area contributed by atoms with Gasteiger partial charge in [-0.1, -0.05) is 6.08 Å². The zero-order valence-corrected chi connectivity index (χ0v) is 21.4. The minimum absolute atomic E-state index is 0.0328. The lowest BCUT2D eigenvalue weighted by Crippen LogP contribution is -2.46. The number of aryl methyl sites for hydroxylation is 1. The summed E-state index contributed by atoms with van der Waals surface area (Å²) in [6.07, 6.45) is 3.87. The molecule has 1 aromatic carbocycles. The third kappa shape index (κ3) is 5.73. The van der Waals surface area contributed by atoms with Crippen molar-refractivity contribution in [1.82, 2.24) is 30.0 Å². The highest BCUT2D eigenvalue weighted by Crippen LogP contribution is 2.31. The van der Waals surface area contributed by atoms with E-state index < -0.39 is 5.82 Å². The lowest BCUT2D eigenvalue weighted by Gasteiger charge is -2.35. The van der Waals surface area contributed by atoms with Crippen molar-refractivity contribution in [3.05, 3.63) is 53.6 Å². The molecule has 0 radical (unpaired) electrons. The first-order valence-electron chi connectivity index (χ1n) is 12.2. The maximum absolute atomic E-state index is 15.3. The summed E-state index contributed by atoms with van der Waals surface area (Å²) < 4.78 is 27.1. The van der Waals surface area contributed by atoms with E-state index in [2.05, 4.69) is 40.3 Å². The van der Waals surface area contributed by atoms with Gasteiger partial charge in [-0.05, 0) is 52.2 Å². The van der Waals surface area contributed by atoms with Crippen LogP contribution < -0.4 is 15.0 Å². The van der Waals surface area contributed by atoms with Gasteiger partial charge >= 0.3 is 6.01 Å². The van der Waals surface area contributed by atoms with Crippen LogP contribution in [0.15, 0.2) is 36.4 Å². The van der Waals surface area contributed by atoms with Crippen LogP contribution in [0.1, 0.15) is 18.3 Å². The highest BCUT2D eigenvalue weighted by Gasteiger charge is 2.24. The standard InChI is InChI=1S/C26H31FN8O2/c1-5-6-17-12-23(33-32-17)29-22-13-24(35-9-10-36-18(15-35)14-34(3)4)31-26(30-22)37-21-8-7-20-19(25(21)27)11-16(2)28-20/h5-8,11-13,18,28H,9-10,14-15H2,1-4H3,(H2,29,30,31,32,33)/b6-5+. The number of H-pyrrole nitrogens is 2. The number of anilines is 3. The normalized spacial score (nSPS) is 16.3. The van der Waals surface area contributed by atoms with Crippen LogP contribution in [0.25, 0.3) is 17.0 Å². The van der Waals surface area contributed by atoms with E-state index in [1.54, 1.807) is 18.2 Å². The quantitative estimate of drug-likeness (QED) is 0.322. The molecule has 0 aliphatic carbocycles. The van der Waals surface area contributed by atoms with E-state index in [4.69, 9.17) is 9.47 Å². The third-order valence-corrected chi connectivity index (χ3v) is 5.96. The topological polar surface area (TPSA) is 107 Å². The Kier molecular flexibility index (Phi) is 7.06. The SMILES string of the molecule is C/C=C/c1cc(Nc2cc(N3CCOC(CN(C)C)C3)nc(Oc3ccc4[nH]c(C)cc4c3F)n2)n[nH]1. The number of nitrogens with one attached hydrogen (secondary N) is 3. The first kappa shape index (κ1) is 24.7. The van der Waals surface area contributed by atoms with Gasteiger partial charge in [0.05, 0.1) is 18.4 Å². The summed E-state index contributed by atoms with van der Waals surface area (Å²) in [6.45, 7) is 6.50. The van der Waals surface area contributed by atoms with Gasteiger partial charge in [-0.15, -0.1) is 0 Å². The maximum Gasteiger partial charge on any atom is 0.326 e. The van der Waals surface area contributed by atoms with E-state index in [1.165, 1.54) is 0 Å². The molecule has 1 saturated heterocycles. The van der Waals surface area contributed by atoms with Gasteiger partial charge in [0.15, 0.2) is 17.4 Å². The molecule has 11 heteroatoms. The maximum atomic E-state index is 15.3. The van der Waals surface area contributed by atoms with Gasteiger partial charge in [-0.2, -0.15) is 15.1 Å². The monoisotopic (exact) mass is 506 g/mol. The second-order valence-corrected chi connectivity index (χ2v) is 9.32. The van der Waals surface area contributed by atoms with Crippen molar-refractivity contribution in [2.75, 3.05) is 50.6 Å². The van der Waals surface area contributed by atoms with Crippen LogP contribution in [0.5, 0.6) is 11.8 Å². The molecule has 1 unspecified atom stereocenters. The van der Waals surface area contributed by atoms with E-state index in [0.717, 1.165) is 17.9 Å². The Morgan fingerprint density at radius 3 is 2.92 bits per heavy atom. The van der Waals surface area contributed by atoms with Gasteiger partial charge in [0.1, 0.15) is 11.6 Å². The van der Waals surface area contributed by atoms with E-state index in [0.29, 0.717) is 48.1 Å². The number of ether oxygens (including phenoxy) is 2. The van der Waals surface area contributed by atoms with E-state index >= 15 is 4.39 Å². The zero-order chi connectivity index (χ0) is 25.9. The molecule has 10 nitrogen and oxygen atoms in total. The van der Waals surface area contributed by atoms with Crippen molar-refractivity contribution < 1.29 is 13.9 Å². The largest absolute Gasteiger partial charge is 0.421 e. The number of benzene rings is 1. The predicted octanol–water partition coefficient (Wildman–Crippen LogP) is 4.46. The van der Waals surface area contributed by atoms with Crippen LogP contribution in [0.2, 0.25) is 0 Å². The highest BCUT2D eigenvalue weighted by molar-refractivity contribution is 5.82. The Morgan fingerprint density at radius 1 is 1.24 bits per heavy atom. The fourth-order valence-corrected chi connectivity index (χ4v) is 4.39. The second kappa shape index (κ2) is 10.6. The molecular formula is C26H31FN8O2. The van der Waals surface area contributed by atoms with Crippen LogP contribution in [-0.4, -0.2) is 76.5 Å². The number of rotatable bonds is 8. The van der Waals surface area contributed by atoms with Crippen LogP contribution in [0, 0.1) is 12.7 Å². The molecule has 0 spiro atoms. The van der Waals surface area contributed by atoms with Gasteiger partial charge < -0.3 is 29.6 Å². The van der Waals surface area contributed by atoms with E-state index in [-0.39, 0.29) is 17.9 Å². The molecule has 37 heavy (non-hydrogen) atoms. The van der Waals surface area contributed by atoms with Gasteiger partial charge in [0.2, 0.25) is 0 Å². The molecule has 4 heterocycles. The summed E-state index contributed by atoms with van der Waals surface area (Å²) in [5.41, 5.74) is 2.43. The van der Waals surface area contributed by atoms with Crippen molar-refractivity contribution in [1.29, 1.82) is 0 Å². The number of halogens is 1. The average Bonchev–Trinajstić information content (AvgIpc) is 3.46. The van der Waals surface area contributed by atoms with Crippen LogP contribution in [0.3, 0.4) is 0 Å². The fourth-order valence-electron chi connectivity index (χ4n) is 4.39. The number of aromatic amines is 2. The van der Waals surface area contributed by atoms with Gasteiger partial charge in [-0.25, -0.2) is 4.39 Å². The minimum atomic E-state index is -0.467. The van der Waals surface area contributed by atoms with Crippen molar-refractivity contribution in [3.8, 4) is 11.8 Å². The fraction of sp³-hybridized carbons (Fsp3) is 0.346. The first-order valence-corrected chi connectivity index (χ1v) is 12.2. The zero-order valence-electron chi connectivity index (χ0n) is 21.4. The Bertz CT molecular complexity index is 1410. The number of aromatic nitrogens is 5. The molecule has 194 valence electrons. The summed E-state index contributed by atoms with van der Waals surface area (Å²) >= 11 is 0. The second-order valence-electron chi connectivity index (χ2n) is 9.32. The number of morpholine rings is 1. The molecule has 3 N–H and O–H groups in total. The number of hydrogen-bond acceptors (Lipinski definition) is 8. The summed E-state index contributed by atoms with van der Waals surface area (Å²) in [5.74, 6) is 1.31. The predicted molar refractivity (Wildman–Crippen MR) is 142 cm³/mol. The summed E-state index contributed by atoms with van der Waals surface area (Å²) in [6, 6.07) is 8.85. The molecular weight excluding hydrogens is 475 g/mol. The number of allylic oxidation sites excluding steroid dienone is 1. The van der Waals surface area contributed by atoms with Crippen molar-refractivity contribution in [3.63, 3.8) is 0 Å². The van der Waals surface area contributed by atoms with Gasteiger partial charge in [0, 0.05) is 48.4 Å². The van der Waals surface area contributed by atoms with Crippen LogP contribution in [-0.2, 0) is 4.74 Å². The summed E-state index contributed by atoms with van der Waals surface area (Å²) in [4.78, 5) is 16.5. The Hall–Kier alpha value is -3.96. The van der Waals surface area contributed by atoms with Gasteiger partial charge in [0.25, 0.3) is 0 Å². The Labute approximate surface area is 214 Å². The number of likely N-dealkylation sites (N-methyl/N-ethyl adjacent to an activating group) is 1. The average molecular weight is 507 g/mol. The molecule has 4 aromatic rings. The molecule has 5 rings (SSSR count). The molecule has 1 aliphatic heterocycles. The lowest BCUT2D eigenvalue weighted by atomic mass is 10.2. The van der Waals surface area contributed by atoms with Crippen molar-refractivity contribution >= 4 is 34.4 Å². The molecule has 0 amide bonds. The Morgan fingerprint density at radius 2 is 2.11 bits per heavy atom. The lowest BCUT2D eigenvalue weighted by molar-refractivity contribution is 0.0245. The number of hydrogen-bond donors (Lipinski definition) is 3. The minimum Gasteiger partial charge on any atom is -0.421 e. The summed E-state index contributed by atoms with van der Waals surface area (Å²) in [7, 11) is 4.04. The summed E-state index contributed by atoms with van der Waals surface area (Å²) in [5, 5.41) is 10.9. The van der Waals surface area contributed by atoms with E-state index in [9.17, 15) is 0 Å². The number of nitrogens with zero attached hydrogens (tertiary/aromatic N) is 5. The molecule has 1 aliphatic rings. The molecule has 3 aromatic heterocycles. The highest BCUT2D eigenvalue weighted by atomic mass is 19.1. The third-order valence-electron chi connectivity index (χ3n) is 5.96. The Balaban J connectivity index is 1.47. The molecule has 1 atom stereocenters. The van der Waals surface area contributed by atoms with E-state index in [1.807, 2.05) is 52.2 Å². The van der Waals surface area contributed by atoms with Gasteiger partial charge in [-0.3, -0.25) is 5.10 Å². The van der Waals surface area contributed by atoms with Crippen molar-refractivity contribution in [2.24, 2.45) is 0 Å². The van der Waals surface area contributed by atoms with Crippen molar-refractivity contribution in [2.45, 2.75) is 20.0 Å². The first-order chi connectivity index (χ1) is 17.9. The smallest absolute Gasteiger partial charge is 0.326 e. The van der Waals surface area contributed by atoms with Crippen LogP contribution in [0.4, 0.5) is 21.8 Å². The molecule has 0 saturated carbocycles. The van der Waals surface area contributed by atoms with Crippen LogP contribution >= 0.6 is 0 Å². The molecule has 0 bridgehead atoms.